The molecule has 1 heterocycles. The van der Waals surface area contributed by atoms with Gasteiger partial charge in [-0.05, 0) is 24.5 Å². The van der Waals surface area contributed by atoms with Gasteiger partial charge in [0.05, 0.1) is 32.0 Å². The third-order valence-electron chi connectivity index (χ3n) is 4.75. The van der Waals surface area contributed by atoms with E-state index in [9.17, 15) is 4.79 Å². The Morgan fingerprint density at radius 1 is 1.28 bits per heavy atom. The molecule has 1 N–H and O–H groups in total. The van der Waals surface area contributed by atoms with Gasteiger partial charge in [-0.25, -0.2) is 4.79 Å². The van der Waals surface area contributed by atoms with Crippen LogP contribution in [0.3, 0.4) is 0 Å². The number of hydrogen-bond acceptors (Lipinski definition) is 3. The molecule has 1 aromatic rings. The summed E-state index contributed by atoms with van der Waals surface area (Å²) in [5.74, 6) is 1.94. The molecule has 1 saturated heterocycles. The average molecular weight is 346 g/mol. The average Bonchev–Trinajstić information content (AvgIpc) is 2.99. The zero-order valence-electron chi connectivity index (χ0n) is 15.8. The summed E-state index contributed by atoms with van der Waals surface area (Å²) in [5, 5.41) is 2.98. The molecular formula is C20H30N2O3. The molecule has 1 unspecified atom stereocenters. The molecule has 2 amide bonds. The van der Waals surface area contributed by atoms with Crippen molar-refractivity contribution in [2.75, 3.05) is 27.3 Å². The molecule has 0 spiro atoms. The molecule has 0 aliphatic carbocycles. The lowest BCUT2D eigenvalue weighted by atomic mass is 9.99. The first-order chi connectivity index (χ1) is 12.1. The van der Waals surface area contributed by atoms with E-state index in [0.29, 0.717) is 18.2 Å². The number of unbranched alkanes of at least 4 members (excludes halogenated alkanes) is 1. The molecule has 1 fully saturated rings. The minimum absolute atomic E-state index is 0.0469. The third-order valence-corrected chi connectivity index (χ3v) is 4.75. The van der Waals surface area contributed by atoms with Crippen LogP contribution >= 0.6 is 0 Å². The summed E-state index contributed by atoms with van der Waals surface area (Å²) in [6.45, 7) is 5.73. The van der Waals surface area contributed by atoms with Crippen LogP contribution in [0.1, 0.15) is 45.1 Å². The fraction of sp³-hybridized carbons (Fsp3) is 0.550. The number of nitrogens with zero attached hydrogens (tertiary/aromatic N) is 1. The van der Waals surface area contributed by atoms with Crippen LogP contribution in [0.4, 0.5) is 4.79 Å². The van der Waals surface area contributed by atoms with E-state index in [0.717, 1.165) is 30.0 Å². The number of hydrogen-bond donors (Lipinski definition) is 1. The van der Waals surface area contributed by atoms with E-state index in [1.54, 1.807) is 14.2 Å². The second-order valence-corrected chi connectivity index (χ2v) is 6.44. The number of carbonyl (C=O) groups excluding carboxylic acids is 1. The third kappa shape index (κ3) is 4.68. The van der Waals surface area contributed by atoms with E-state index in [1.165, 1.54) is 19.3 Å². The van der Waals surface area contributed by atoms with E-state index in [4.69, 9.17) is 9.47 Å². The molecule has 0 aromatic heterocycles. The highest BCUT2D eigenvalue weighted by Gasteiger charge is 2.29. The normalized spacial score (nSPS) is 17.3. The number of para-hydroxylation sites is 1. The van der Waals surface area contributed by atoms with E-state index in [-0.39, 0.29) is 6.03 Å². The van der Waals surface area contributed by atoms with Gasteiger partial charge in [0.15, 0.2) is 5.76 Å². The standard InChI is InChI=1S/C20H30N2O3/c1-5-7-10-15(6-2)13-22-14-17(21-20(22)23)19(25-4)16-11-8-9-12-18(16)24-3/h8-9,11-12,15H,5-7,10,13-14H2,1-4H3,(H,21,23). The zero-order chi connectivity index (χ0) is 18.2. The second kappa shape index (κ2) is 9.35. The van der Waals surface area contributed by atoms with E-state index >= 15 is 0 Å². The summed E-state index contributed by atoms with van der Waals surface area (Å²) in [4.78, 5) is 14.3. The summed E-state index contributed by atoms with van der Waals surface area (Å²) in [6.07, 6.45) is 4.66. The predicted octanol–water partition coefficient (Wildman–Crippen LogP) is 4.25. The van der Waals surface area contributed by atoms with Crippen LogP contribution in [-0.2, 0) is 4.74 Å². The lowest BCUT2D eigenvalue weighted by Gasteiger charge is -2.21. The van der Waals surface area contributed by atoms with Crippen LogP contribution in [0.2, 0.25) is 0 Å². The van der Waals surface area contributed by atoms with Gasteiger partial charge in [0.25, 0.3) is 0 Å². The molecule has 0 bridgehead atoms. The quantitative estimate of drug-likeness (QED) is 0.680. The number of rotatable bonds is 9. The van der Waals surface area contributed by atoms with Crippen molar-refractivity contribution in [2.24, 2.45) is 5.92 Å². The van der Waals surface area contributed by atoms with Gasteiger partial charge in [-0.15, -0.1) is 0 Å². The zero-order valence-corrected chi connectivity index (χ0v) is 15.8. The largest absolute Gasteiger partial charge is 0.496 e. The van der Waals surface area contributed by atoms with Crippen molar-refractivity contribution < 1.29 is 14.3 Å². The molecule has 0 radical (unpaired) electrons. The van der Waals surface area contributed by atoms with Crippen LogP contribution in [0, 0.1) is 5.92 Å². The molecule has 5 nitrogen and oxygen atoms in total. The molecular weight excluding hydrogens is 316 g/mol. The van der Waals surface area contributed by atoms with Gasteiger partial charge in [0.1, 0.15) is 5.75 Å². The molecule has 1 aliphatic heterocycles. The number of urea groups is 1. The fourth-order valence-electron chi connectivity index (χ4n) is 3.24. The van der Waals surface area contributed by atoms with Gasteiger partial charge in [0, 0.05) is 6.54 Å². The van der Waals surface area contributed by atoms with Crippen molar-refractivity contribution in [3.8, 4) is 5.75 Å². The van der Waals surface area contributed by atoms with Crippen LogP contribution in [0.15, 0.2) is 30.0 Å². The topological polar surface area (TPSA) is 50.8 Å². The van der Waals surface area contributed by atoms with Gasteiger partial charge in [-0.2, -0.15) is 0 Å². The van der Waals surface area contributed by atoms with Crippen molar-refractivity contribution >= 4 is 11.8 Å². The van der Waals surface area contributed by atoms with E-state index in [1.807, 2.05) is 29.2 Å². The molecule has 25 heavy (non-hydrogen) atoms. The number of methoxy groups -OCH3 is 2. The fourth-order valence-corrected chi connectivity index (χ4v) is 3.24. The van der Waals surface area contributed by atoms with Crippen molar-refractivity contribution in [3.63, 3.8) is 0 Å². The van der Waals surface area contributed by atoms with Crippen molar-refractivity contribution in [1.29, 1.82) is 0 Å². The van der Waals surface area contributed by atoms with Crippen molar-refractivity contribution in [2.45, 2.75) is 39.5 Å². The monoisotopic (exact) mass is 346 g/mol. The Labute approximate surface area is 151 Å². The number of benzene rings is 1. The van der Waals surface area contributed by atoms with E-state index in [2.05, 4.69) is 19.2 Å². The van der Waals surface area contributed by atoms with E-state index < -0.39 is 0 Å². The molecule has 1 aromatic carbocycles. The van der Waals surface area contributed by atoms with Crippen molar-refractivity contribution in [1.82, 2.24) is 10.2 Å². The first-order valence-corrected chi connectivity index (χ1v) is 9.10. The minimum atomic E-state index is -0.0469. The second-order valence-electron chi connectivity index (χ2n) is 6.44. The molecule has 1 atom stereocenters. The maximum atomic E-state index is 12.4. The van der Waals surface area contributed by atoms with Crippen LogP contribution in [0.25, 0.3) is 5.76 Å². The van der Waals surface area contributed by atoms with Crippen LogP contribution in [0.5, 0.6) is 5.75 Å². The van der Waals surface area contributed by atoms with Gasteiger partial charge in [0.2, 0.25) is 0 Å². The summed E-state index contributed by atoms with van der Waals surface area (Å²) in [5.41, 5.74) is 1.64. The summed E-state index contributed by atoms with van der Waals surface area (Å²) in [7, 11) is 3.26. The highest BCUT2D eigenvalue weighted by molar-refractivity contribution is 5.83. The molecule has 1 aliphatic rings. The lowest BCUT2D eigenvalue weighted by molar-refractivity contribution is 0.205. The highest BCUT2D eigenvalue weighted by atomic mass is 16.5. The number of nitrogens with one attached hydrogen (secondary N) is 1. The van der Waals surface area contributed by atoms with Gasteiger partial charge in [-0.3, -0.25) is 0 Å². The number of amides is 2. The van der Waals surface area contributed by atoms with Crippen molar-refractivity contribution in [3.05, 3.63) is 35.5 Å². The van der Waals surface area contributed by atoms with Crippen LogP contribution < -0.4 is 10.1 Å². The Morgan fingerprint density at radius 3 is 2.68 bits per heavy atom. The maximum absolute atomic E-state index is 12.4. The Kier molecular flexibility index (Phi) is 7.16. The number of ether oxygens (including phenoxy) is 2. The predicted molar refractivity (Wildman–Crippen MR) is 100 cm³/mol. The first-order valence-electron chi connectivity index (χ1n) is 9.10. The molecule has 5 heteroatoms. The lowest BCUT2D eigenvalue weighted by Crippen LogP contribution is -2.32. The smallest absolute Gasteiger partial charge is 0.322 e. The Balaban J connectivity index is 2.19. The molecule has 0 saturated carbocycles. The van der Waals surface area contributed by atoms with Gasteiger partial charge >= 0.3 is 6.03 Å². The Hall–Kier alpha value is -2.17. The molecule has 2 rings (SSSR count). The molecule has 138 valence electrons. The number of carbonyl (C=O) groups is 1. The highest BCUT2D eigenvalue weighted by Crippen LogP contribution is 2.30. The summed E-state index contributed by atoms with van der Waals surface area (Å²) >= 11 is 0. The first kappa shape index (κ1) is 19.2. The van der Waals surface area contributed by atoms with Gasteiger partial charge in [-0.1, -0.05) is 45.2 Å². The summed E-state index contributed by atoms with van der Waals surface area (Å²) < 4.78 is 11.0. The summed E-state index contributed by atoms with van der Waals surface area (Å²) in [6, 6.07) is 7.63. The Bertz CT molecular complexity index is 613. The SMILES string of the molecule is CCCCC(CC)CN1CC(=C(OC)c2ccccc2OC)NC1=O. The van der Waals surface area contributed by atoms with Crippen LogP contribution in [-0.4, -0.2) is 38.2 Å². The Morgan fingerprint density at radius 2 is 2.04 bits per heavy atom. The van der Waals surface area contributed by atoms with Gasteiger partial charge < -0.3 is 19.7 Å². The maximum Gasteiger partial charge on any atom is 0.322 e. The minimum Gasteiger partial charge on any atom is -0.496 e.